The summed E-state index contributed by atoms with van der Waals surface area (Å²) in [7, 11) is -1.91. The number of benzene rings is 2. The lowest BCUT2D eigenvalue weighted by Crippen LogP contribution is -2.47. The second-order valence-corrected chi connectivity index (χ2v) is 8.35. The van der Waals surface area contributed by atoms with Gasteiger partial charge in [-0.15, -0.1) is 0 Å². The van der Waals surface area contributed by atoms with E-state index in [1.54, 1.807) is 24.3 Å². The average Bonchev–Trinajstić information content (AvgIpc) is 2.67. The van der Waals surface area contributed by atoms with Gasteiger partial charge in [0.25, 0.3) is 0 Å². The number of aromatic carboxylic acids is 1. The van der Waals surface area contributed by atoms with E-state index < -0.39 is 16.0 Å². The fourth-order valence-electron chi connectivity index (χ4n) is 3.04. The second kappa shape index (κ2) is 7.48. The van der Waals surface area contributed by atoms with Gasteiger partial charge in [-0.1, -0.05) is 18.2 Å². The quantitative estimate of drug-likeness (QED) is 0.862. The van der Waals surface area contributed by atoms with Gasteiger partial charge in [0, 0.05) is 26.2 Å². The largest absolute Gasteiger partial charge is 0.478 e. The molecule has 0 unspecified atom stereocenters. The second-order valence-electron chi connectivity index (χ2n) is 6.42. The van der Waals surface area contributed by atoms with Crippen molar-refractivity contribution in [1.82, 2.24) is 9.21 Å². The number of sulfonamides is 1. The number of carboxylic acids is 1. The standard InChI is InChI=1S/C19H19N3O4S/c1-21-6-8-22(9-7-21)27(25,26)17-11-15(10-16(12-17)19(23)24)18-5-3-2-4-14(18)13-20/h2-5,10-12H,6-9H2,1H3,(H,23,24). The zero-order valence-electron chi connectivity index (χ0n) is 14.8. The van der Waals surface area contributed by atoms with Crippen molar-refractivity contribution >= 4 is 16.0 Å². The Morgan fingerprint density at radius 2 is 1.78 bits per heavy atom. The first-order valence-electron chi connectivity index (χ1n) is 8.39. The highest BCUT2D eigenvalue weighted by molar-refractivity contribution is 7.89. The summed E-state index contributed by atoms with van der Waals surface area (Å²) < 4.78 is 27.5. The molecular formula is C19H19N3O4S. The number of hydrogen-bond donors (Lipinski definition) is 1. The topological polar surface area (TPSA) is 102 Å². The normalized spacial score (nSPS) is 16.0. The van der Waals surface area contributed by atoms with E-state index >= 15 is 0 Å². The molecule has 0 radical (unpaired) electrons. The van der Waals surface area contributed by atoms with Gasteiger partial charge in [-0.3, -0.25) is 0 Å². The molecule has 140 valence electrons. The third-order valence-corrected chi connectivity index (χ3v) is 6.49. The summed E-state index contributed by atoms with van der Waals surface area (Å²) in [6.07, 6.45) is 0. The number of likely N-dealkylation sites (N-methyl/N-ethyl adjacent to an activating group) is 1. The summed E-state index contributed by atoms with van der Waals surface area (Å²) in [5.74, 6) is -1.22. The van der Waals surface area contributed by atoms with Crippen molar-refractivity contribution in [3.8, 4) is 17.2 Å². The van der Waals surface area contributed by atoms with Crippen LogP contribution < -0.4 is 0 Å². The van der Waals surface area contributed by atoms with Crippen LogP contribution in [0.1, 0.15) is 15.9 Å². The van der Waals surface area contributed by atoms with Crippen LogP contribution in [-0.2, 0) is 10.0 Å². The smallest absolute Gasteiger partial charge is 0.335 e. The first kappa shape index (κ1) is 19.0. The molecule has 1 fully saturated rings. The molecule has 1 saturated heterocycles. The van der Waals surface area contributed by atoms with Gasteiger partial charge < -0.3 is 10.0 Å². The predicted molar refractivity (Wildman–Crippen MR) is 99.8 cm³/mol. The van der Waals surface area contributed by atoms with E-state index in [0.717, 1.165) is 0 Å². The molecule has 0 aromatic heterocycles. The van der Waals surface area contributed by atoms with Crippen molar-refractivity contribution in [2.45, 2.75) is 4.90 Å². The molecular weight excluding hydrogens is 366 g/mol. The molecule has 1 aliphatic heterocycles. The number of carboxylic acid groups (broad SMARTS) is 1. The molecule has 0 atom stereocenters. The molecule has 1 N–H and O–H groups in total. The molecule has 8 heteroatoms. The van der Waals surface area contributed by atoms with Crippen LogP contribution in [0, 0.1) is 11.3 Å². The van der Waals surface area contributed by atoms with Gasteiger partial charge in [-0.2, -0.15) is 9.57 Å². The fraction of sp³-hybridized carbons (Fsp3) is 0.263. The Balaban J connectivity index is 2.12. The maximum absolute atomic E-state index is 13.1. The summed E-state index contributed by atoms with van der Waals surface area (Å²) in [5, 5.41) is 18.8. The molecule has 27 heavy (non-hydrogen) atoms. The van der Waals surface area contributed by atoms with Crippen LogP contribution in [0.3, 0.4) is 0 Å². The number of piperazine rings is 1. The third kappa shape index (κ3) is 3.85. The molecule has 0 bridgehead atoms. The van der Waals surface area contributed by atoms with Crippen LogP contribution in [0.4, 0.5) is 0 Å². The van der Waals surface area contributed by atoms with E-state index in [4.69, 9.17) is 0 Å². The predicted octanol–water partition coefficient (Wildman–Crippen LogP) is 1.86. The van der Waals surface area contributed by atoms with Crippen molar-refractivity contribution in [3.05, 3.63) is 53.6 Å². The van der Waals surface area contributed by atoms with Crippen molar-refractivity contribution in [2.75, 3.05) is 33.2 Å². The Hall–Kier alpha value is -2.73. The van der Waals surface area contributed by atoms with Crippen molar-refractivity contribution < 1.29 is 18.3 Å². The maximum atomic E-state index is 13.1. The lowest BCUT2D eigenvalue weighted by molar-refractivity contribution is 0.0696. The highest BCUT2D eigenvalue weighted by Gasteiger charge is 2.28. The van der Waals surface area contributed by atoms with Gasteiger partial charge in [0.2, 0.25) is 10.0 Å². The molecule has 0 amide bonds. The van der Waals surface area contributed by atoms with E-state index in [1.165, 1.54) is 22.5 Å². The summed E-state index contributed by atoms with van der Waals surface area (Å²) in [6.45, 7) is 1.92. The molecule has 0 aliphatic carbocycles. The third-order valence-electron chi connectivity index (χ3n) is 4.61. The Labute approximate surface area is 158 Å². The van der Waals surface area contributed by atoms with Gasteiger partial charge in [0.1, 0.15) is 0 Å². The average molecular weight is 385 g/mol. The lowest BCUT2D eigenvalue weighted by Gasteiger charge is -2.31. The van der Waals surface area contributed by atoms with Gasteiger partial charge >= 0.3 is 5.97 Å². The van der Waals surface area contributed by atoms with Crippen LogP contribution in [0.25, 0.3) is 11.1 Å². The van der Waals surface area contributed by atoms with E-state index in [9.17, 15) is 23.6 Å². The Morgan fingerprint density at radius 3 is 2.41 bits per heavy atom. The molecule has 2 aromatic carbocycles. The monoisotopic (exact) mass is 385 g/mol. The van der Waals surface area contributed by atoms with Crippen LogP contribution in [0.2, 0.25) is 0 Å². The molecule has 3 rings (SSSR count). The molecule has 0 saturated carbocycles. The minimum atomic E-state index is -3.83. The Kier molecular flexibility index (Phi) is 5.28. The van der Waals surface area contributed by atoms with Crippen LogP contribution in [0.5, 0.6) is 0 Å². The summed E-state index contributed by atoms with van der Waals surface area (Å²) >= 11 is 0. The molecule has 2 aromatic rings. The Morgan fingerprint density at radius 1 is 1.11 bits per heavy atom. The zero-order chi connectivity index (χ0) is 19.6. The first-order valence-corrected chi connectivity index (χ1v) is 9.83. The van der Waals surface area contributed by atoms with Crippen LogP contribution in [0.15, 0.2) is 47.4 Å². The highest BCUT2D eigenvalue weighted by atomic mass is 32.2. The first-order chi connectivity index (χ1) is 12.8. The number of nitriles is 1. The van der Waals surface area contributed by atoms with Gasteiger partial charge in [0.05, 0.1) is 22.1 Å². The van der Waals surface area contributed by atoms with E-state index in [0.29, 0.717) is 42.9 Å². The summed E-state index contributed by atoms with van der Waals surface area (Å²) in [6, 6.07) is 12.8. The van der Waals surface area contributed by atoms with Crippen LogP contribution >= 0.6 is 0 Å². The van der Waals surface area contributed by atoms with E-state index in [-0.39, 0.29) is 10.5 Å². The van der Waals surface area contributed by atoms with Gasteiger partial charge in [-0.25, -0.2) is 13.2 Å². The summed E-state index contributed by atoms with van der Waals surface area (Å²) in [4.78, 5) is 13.5. The van der Waals surface area contributed by atoms with Crippen molar-refractivity contribution in [2.24, 2.45) is 0 Å². The SMILES string of the molecule is CN1CCN(S(=O)(=O)c2cc(C(=O)O)cc(-c3ccccc3C#N)c2)CC1. The van der Waals surface area contributed by atoms with Crippen molar-refractivity contribution in [1.29, 1.82) is 5.26 Å². The molecule has 1 aliphatic rings. The Bertz CT molecular complexity index is 1020. The minimum absolute atomic E-state index is 0.0744. The number of carbonyl (C=O) groups is 1. The number of rotatable bonds is 4. The lowest BCUT2D eigenvalue weighted by atomic mass is 9.99. The maximum Gasteiger partial charge on any atom is 0.335 e. The van der Waals surface area contributed by atoms with Gasteiger partial charge in [-0.05, 0) is 42.4 Å². The molecule has 0 spiro atoms. The molecule has 7 nitrogen and oxygen atoms in total. The zero-order valence-corrected chi connectivity index (χ0v) is 15.6. The van der Waals surface area contributed by atoms with E-state index in [2.05, 4.69) is 6.07 Å². The fourth-order valence-corrected chi connectivity index (χ4v) is 4.53. The number of hydrogen-bond acceptors (Lipinski definition) is 5. The summed E-state index contributed by atoms with van der Waals surface area (Å²) in [5.41, 5.74) is 1.11. The van der Waals surface area contributed by atoms with E-state index in [1.807, 2.05) is 11.9 Å². The minimum Gasteiger partial charge on any atom is -0.478 e. The van der Waals surface area contributed by atoms with Gasteiger partial charge in [0.15, 0.2) is 0 Å². The number of nitrogens with zero attached hydrogens (tertiary/aromatic N) is 3. The molecule has 1 heterocycles. The highest BCUT2D eigenvalue weighted by Crippen LogP contribution is 2.29. The van der Waals surface area contributed by atoms with Crippen LogP contribution in [-0.4, -0.2) is 61.9 Å². The van der Waals surface area contributed by atoms with Crippen molar-refractivity contribution in [3.63, 3.8) is 0 Å².